The molecule has 0 amide bonds. The van der Waals surface area contributed by atoms with Gasteiger partial charge in [-0.2, -0.15) is 0 Å². The molecule has 0 aromatic heterocycles. The predicted octanol–water partition coefficient (Wildman–Crippen LogP) is 1.78. The summed E-state index contributed by atoms with van der Waals surface area (Å²) in [5.74, 6) is -0.721. The van der Waals surface area contributed by atoms with Crippen LogP contribution in [0.15, 0.2) is 36.1 Å². The van der Waals surface area contributed by atoms with Crippen LogP contribution in [0.2, 0.25) is 0 Å². The first kappa shape index (κ1) is 12.3. The van der Waals surface area contributed by atoms with Gasteiger partial charge in [-0.3, -0.25) is 0 Å². The third-order valence-corrected chi connectivity index (χ3v) is 2.08. The van der Waals surface area contributed by atoms with Crippen molar-refractivity contribution in [1.29, 1.82) is 0 Å². The summed E-state index contributed by atoms with van der Waals surface area (Å²) in [5, 5.41) is 9.16. The molecule has 1 aromatic carbocycles. The third-order valence-electron chi connectivity index (χ3n) is 2.08. The Labute approximate surface area is 94.1 Å². The molecule has 86 valence electrons. The van der Waals surface area contributed by atoms with Crippen LogP contribution in [0, 0.1) is 0 Å². The molecule has 0 atom stereocenters. The summed E-state index contributed by atoms with van der Waals surface area (Å²) >= 11 is 0. The second kappa shape index (κ2) is 5.92. The van der Waals surface area contributed by atoms with Crippen molar-refractivity contribution in [2.45, 2.75) is 0 Å². The van der Waals surface area contributed by atoms with E-state index in [9.17, 15) is 4.79 Å². The normalized spacial score (nSPS) is 11.9. The highest BCUT2D eigenvalue weighted by Gasteiger charge is 2.17. The van der Waals surface area contributed by atoms with Crippen molar-refractivity contribution in [3.63, 3.8) is 0 Å². The van der Waals surface area contributed by atoms with Gasteiger partial charge < -0.3 is 14.6 Å². The van der Waals surface area contributed by atoms with Crippen molar-refractivity contribution in [3.05, 3.63) is 41.7 Å². The molecule has 0 aliphatic heterocycles. The van der Waals surface area contributed by atoms with Crippen LogP contribution in [-0.4, -0.2) is 31.9 Å². The molecule has 1 N–H and O–H groups in total. The topological polar surface area (TPSA) is 55.8 Å². The van der Waals surface area contributed by atoms with Crippen molar-refractivity contribution < 1.29 is 19.4 Å². The lowest BCUT2D eigenvalue weighted by atomic mass is 10.1. The minimum absolute atomic E-state index is 0.130. The lowest BCUT2D eigenvalue weighted by Gasteiger charge is -2.10. The molecule has 0 bridgehead atoms. The van der Waals surface area contributed by atoms with Crippen molar-refractivity contribution in [3.8, 4) is 0 Å². The van der Waals surface area contributed by atoms with Crippen molar-refractivity contribution in [2.75, 3.05) is 20.8 Å². The number of ether oxygens (including phenoxy) is 2. The van der Waals surface area contributed by atoms with Crippen LogP contribution in [0.1, 0.15) is 5.56 Å². The Morgan fingerprint density at radius 1 is 1.25 bits per heavy atom. The molecule has 4 nitrogen and oxygen atoms in total. The molecule has 4 heteroatoms. The van der Waals surface area contributed by atoms with Crippen molar-refractivity contribution in [1.82, 2.24) is 0 Å². The minimum Gasteiger partial charge on any atom is -0.498 e. The van der Waals surface area contributed by atoms with Gasteiger partial charge in [-0.15, -0.1) is 0 Å². The highest BCUT2D eigenvalue weighted by molar-refractivity contribution is 6.16. The van der Waals surface area contributed by atoms with Gasteiger partial charge in [0.15, 0.2) is 0 Å². The molecule has 0 spiro atoms. The zero-order chi connectivity index (χ0) is 12.0. The molecule has 16 heavy (non-hydrogen) atoms. The lowest BCUT2D eigenvalue weighted by Crippen LogP contribution is -2.08. The molecular formula is C12H14O4. The molecule has 0 fully saturated rings. The van der Waals surface area contributed by atoms with Gasteiger partial charge in [0.05, 0.1) is 7.11 Å². The lowest BCUT2D eigenvalue weighted by molar-refractivity contribution is -0.130. The second-order valence-corrected chi connectivity index (χ2v) is 3.11. The molecule has 0 saturated heterocycles. The van der Waals surface area contributed by atoms with Crippen LogP contribution in [0.4, 0.5) is 0 Å². The third kappa shape index (κ3) is 2.84. The average Bonchev–Trinajstić information content (AvgIpc) is 2.29. The largest absolute Gasteiger partial charge is 0.498 e. The Balaban J connectivity index is 3.22. The zero-order valence-corrected chi connectivity index (χ0v) is 9.27. The Bertz CT molecular complexity index is 381. The first-order chi connectivity index (χ1) is 7.70. The SMILES string of the molecule is COC/C(OC)=C(/C(=O)O)c1ccccc1. The maximum Gasteiger partial charge on any atom is 0.339 e. The molecule has 0 unspecified atom stereocenters. The van der Waals surface area contributed by atoms with Crippen LogP contribution in [0.25, 0.3) is 5.57 Å². The van der Waals surface area contributed by atoms with Gasteiger partial charge in [-0.05, 0) is 5.56 Å². The summed E-state index contributed by atoms with van der Waals surface area (Å²) in [4.78, 5) is 11.2. The van der Waals surface area contributed by atoms with Crippen LogP contribution < -0.4 is 0 Å². The molecule has 0 aliphatic carbocycles. The highest BCUT2D eigenvalue weighted by atomic mass is 16.5. The fourth-order valence-corrected chi connectivity index (χ4v) is 1.37. The summed E-state index contributed by atoms with van der Waals surface area (Å²) in [7, 11) is 2.92. The average molecular weight is 222 g/mol. The van der Waals surface area contributed by atoms with Gasteiger partial charge in [0.1, 0.15) is 17.9 Å². The fourth-order valence-electron chi connectivity index (χ4n) is 1.37. The Hall–Kier alpha value is -1.81. The molecule has 1 aromatic rings. The van der Waals surface area contributed by atoms with E-state index in [0.29, 0.717) is 11.3 Å². The number of carboxylic acids is 1. The number of rotatable bonds is 5. The number of carboxylic acid groups (broad SMARTS) is 1. The van der Waals surface area contributed by atoms with E-state index in [0.717, 1.165) is 0 Å². The Kier molecular flexibility index (Phi) is 4.54. The second-order valence-electron chi connectivity index (χ2n) is 3.11. The van der Waals surface area contributed by atoms with E-state index in [2.05, 4.69) is 0 Å². The highest BCUT2D eigenvalue weighted by Crippen LogP contribution is 2.19. The number of hydrogen-bond donors (Lipinski definition) is 1. The Morgan fingerprint density at radius 3 is 2.31 bits per heavy atom. The summed E-state index contributed by atoms with van der Waals surface area (Å²) in [6.45, 7) is 0.132. The van der Waals surface area contributed by atoms with E-state index in [4.69, 9.17) is 14.6 Å². The number of carbonyl (C=O) groups is 1. The van der Waals surface area contributed by atoms with Crippen LogP contribution >= 0.6 is 0 Å². The molecule has 0 radical (unpaired) electrons. The predicted molar refractivity (Wildman–Crippen MR) is 59.9 cm³/mol. The van der Waals surface area contributed by atoms with Gasteiger partial charge >= 0.3 is 5.97 Å². The van der Waals surface area contributed by atoms with E-state index in [1.165, 1.54) is 14.2 Å². The van der Waals surface area contributed by atoms with E-state index in [-0.39, 0.29) is 12.2 Å². The monoisotopic (exact) mass is 222 g/mol. The molecule has 0 heterocycles. The summed E-state index contributed by atoms with van der Waals surface area (Å²) < 4.78 is 9.94. The van der Waals surface area contributed by atoms with Crippen LogP contribution in [0.3, 0.4) is 0 Å². The summed E-state index contributed by atoms with van der Waals surface area (Å²) in [6, 6.07) is 8.82. The standard InChI is InChI=1S/C12H14O4/c1-15-8-10(16-2)11(12(13)14)9-6-4-3-5-7-9/h3-7H,8H2,1-2H3,(H,13,14)/b11-10-. The number of methoxy groups -OCH3 is 2. The van der Waals surface area contributed by atoms with Crippen LogP contribution in [-0.2, 0) is 14.3 Å². The molecule has 0 aliphatic rings. The molecule has 1 rings (SSSR count). The van der Waals surface area contributed by atoms with Crippen LogP contribution in [0.5, 0.6) is 0 Å². The van der Waals surface area contributed by atoms with E-state index >= 15 is 0 Å². The number of benzene rings is 1. The van der Waals surface area contributed by atoms with E-state index in [1.807, 2.05) is 6.07 Å². The van der Waals surface area contributed by atoms with Gasteiger partial charge in [-0.25, -0.2) is 4.79 Å². The van der Waals surface area contributed by atoms with E-state index < -0.39 is 5.97 Å². The smallest absolute Gasteiger partial charge is 0.339 e. The fraction of sp³-hybridized carbons (Fsp3) is 0.250. The van der Waals surface area contributed by atoms with Gasteiger partial charge in [0, 0.05) is 7.11 Å². The van der Waals surface area contributed by atoms with Crippen molar-refractivity contribution in [2.24, 2.45) is 0 Å². The van der Waals surface area contributed by atoms with Gasteiger partial charge in [-0.1, -0.05) is 30.3 Å². The summed E-state index contributed by atoms with van der Waals surface area (Å²) in [6.07, 6.45) is 0. The first-order valence-electron chi connectivity index (χ1n) is 4.75. The molecule has 0 saturated carbocycles. The van der Waals surface area contributed by atoms with Crippen molar-refractivity contribution >= 4 is 11.5 Å². The summed E-state index contributed by atoms with van der Waals surface area (Å²) in [5.41, 5.74) is 0.730. The maximum atomic E-state index is 11.2. The minimum atomic E-state index is -1.03. The number of hydrogen-bond acceptors (Lipinski definition) is 3. The maximum absolute atomic E-state index is 11.2. The van der Waals surface area contributed by atoms with Gasteiger partial charge in [0.25, 0.3) is 0 Å². The van der Waals surface area contributed by atoms with E-state index in [1.54, 1.807) is 24.3 Å². The first-order valence-corrected chi connectivity index (χ1v) is 4.75. The quantitative estimate of drug-likeness (QED) is 0.609. The molecular weight excluding hydrogens is 208 g/mol. The zero-order valence-electron chi connectivity index (χ0n) is 9.27. The Morgan fingerprint density at radius 2 is 1.88 bits per heavy atom. The van der Waals surface area contributed by atoms with Gasteiger partial charge in [0.2, 0.25) is 0 Å². The number of aliphatic carboxylic acids is 1.